The highest BCUT2D eigenvalue weighted by Crippen LogP contribution is 2.34. The maximum absolute atomic E-state index is 10.8. The minimum Gasteiger partial charge on any atom is -0.481 e. The van der Waals surface area contributed by atoms with Crippen LogP contribution in [-0.4, -0.2) is 34.0 Å². The predicted molar refractivity (Wildman–Crippen MR) is 79.8 cm³/mol. The van der Waals surface area contributed by atoms with Gasteiger partial charge in [0.15, 0.2) is 0 Å². The monoisotopic (exact) mass is 282 g/mol. The van der Waals surface area contributed by atoms with E-state index in [-0.39, 0.29) is 18.4 Å². The number of carboxylic acids is 1. The summed E-state index contributed by atoms with van der Waals surface area (Å²) >= 11 is 0. The van der Waals surface area contributed by atoms with Gasteiger partial charge >= 0.3 is 5.97 Å². The van der Waals surface area contributed by atoms with Gasteiger partial charge in [0.1, 0.15) is 0 Å². The summed E-state index contributed by atoms with van der Waals surface area (Å²) in [6.45, 7) is 1.62. The fraction of sp³-hybridized carbons (Fsp3) is 0.294. The van der Waals surface area contributed by atoms with Crippen molar-refractivity contribution in [2.24, 2.45) is 5.92 Å². The van der Waals surface area contributed by atoms with Gasteiger partial charge in [0.25, 0.3) is 0 Å². The van der Waals surface area contributed by atoms with Crippen LogP contribution >= 0.6 is 0 Å². The average Bonchev–Trinajstić information content (AvgIpc) is 2.47. The number of aromatic nitrogens is 1. The minimum absolute atomic E-state index is 0.109. The van der Waals surface area contributed by atoms with E-state index in [1.165, 1.54) is 5.56 Å². The Morgan fingerprint density at radius 3 is 2.52 bits per heavy atom. The molecule has 0 amide bonds. The summed E-state index contributed by atoms with van der Waals surface area (Å²) in [5.41, 5.74) is 2.21. The summed E-state index contributed by atoms with van der Waals surface area (Å²) < 4.78 is 0. The lowest BCUT2D eigenvalue weighted by atomic mass is 9.90. The molecule has 1 aliphatic heterocycles. The molecule has 3 rings (SSSR count). The first kappa shape index (κ1) is 13.8. The van der Waals surface area contributed by atoms with E-state index in [9.17, 15) is 4.79 Å². The Bertz CT molecular complexity index is 555. The number of carboxylic acid groups (broad SMARTS) is 1. The van der Waals surface area contributed by atoms with Crippen LogP contribution in [0, 0.1) is 5.92 Å². The lowest BCUT2D eigenvalue weighted by molar-refractivity contribution is -0.139. The summed E-state index contributed by atoms with van der Waals surface area (Å²) in [5, 5.41) is 8.88. The molecule has 0 saturated carbocycles. The second-order valence-electron chi connectivity index (χ2n) is 5.49. The van der Waals surface area contributed by atoms with Gasteiger partial charge in [0.05, 0.1) is 18.2 Å². The molecule has 1 aromatic carbocycles. The Morgan fingerprint density at radius 2 is 1.90 bits per heavy atom. The van der Waals surface area contributed by atoms with Crippen molar-refractivity contribution >= 4 is 5.97 Å². The zero-order valence-electron chi connectivity index (χ0n) is 11.7. The van der Waals surface area contributed by atoms with Crippen molar-refractivity contribution in [3.05, 3.63) is 66.0 Å². The maximum atomic E-state index is 10.8. The van der Waals surface area contributed by atoms with Crippen LogP contribution in [0.15, 0.2) is 54.7 Å². The Morgan fingerprint density at radius 1 is 1.19 bits per heavy atom. The lowest BCUT2D eigenvalue weighted by Crippen LogP contribution is -2.49. The van der Waals surface area contributed by atoms with Crippen LogP contribution < -0.4 is 0 Å². The number of pyridine rings is 1. The minimum atomic E-state index is -0.714. The van der Waals surface area contributed by atoms with Crippen molar-refractivity contribution in [3.8, 4) is 0 Å². The first-order chi connectivity index (χ1) is 10.2. The van der Waals surface area contributed by atoms with Gasteiger partial charge in [-0.1, -0.05) is 36.4 Å². The molecular weight excluding hydrogens is 264 g/mol. The summed E-state index contributed by atoms with van der Waals surface area (Å²) in [4.78, 5) is 17.6. The second-order valence-corrected chi connectivity index (χ2v) is 5.49. The van der Waals surface area contributed by atoms with Gasteiger partial charge in [-0.2, -0.15) is 0 Å². The van der Waals surface area contributed by atoms with Crippen LogP contribution in [0.2, 0.25) is 0 Å². The lowest BCUT2D eigenvalue weighted by Gasteiger charge is -2.43. The fourth-order valence-corrected chi connectivity index (χ4v) is 2.94. The topological polar surface area (TPSA) is 53.4 Å². The van der Waals surface area contributed by atoms with Crippen molar-refractivity contribution in [2.75, 3.05) is 13.1 Å². The highest BCUT2D eigenvalue weighted by atomic mass is 16.4. The van der Waals surface area contributed by atoms with E-state index >= 15 is 0 Å². The van der Waals surface area contributed by atoms with Gasteiger partial charge in [0.2, 0.25) is 0 Å². The number of nitrogens with zero attached hydrogens (tertiary/aromatic N) is 2. The summed E-state index contributed by atoms with van der Waals surface area (Å²) in [7, 11) is 0. The van der Waals surface area contributed by atoms with Crippen molar-refractivity contribution in [1.82, 2.24) is 9.88 Å². The van der Waals surface area contributed by atoms with Gasteiger partial charge in [0, 0.05) is 19.3 Å². The molecular formula is C17H18N2O2. The molecule has 1 fully saturated rings. The van der Waals surface area contributed by atoms with E-state index in [2.05, 4.69) is 22.0 Å². The molecule has 4 heteroatoms. The van der Waals surface area contributed by atoms with Crippen LogP contribution in [0.25, 0.3) is 0 Å². The van der Waals surface area contributed by atoms with E-state index in [1.54, 1.807) is 6.20 Å². The third kappa shape index (κ3) is 3.11. The number of likely N-dealkylation sites (tertiary alicyclic amines) is 1. The van der Waals surface area contributed by atoms with E-state index in [0.717, 1.165) is 18.8 Å². The van der Waals surface area contributed by atoms with Gasteiger partial charge in [-0.25, -0.2) is 0 Å². The first-order valence-electron chi connectivity index (χ1n) is 7.16. The van der Waals surface area contributed by atoms with Crippen LogP contribution in [0.4, 0.5) is 0 Å². The SMILES string of the molecule is O=C(O)CC1CN(C(c2ccccc2)c2ccccn2)C1. The molecule has 1 atom stereocenters. The van der Waals surface area contributed by atoms with Crippen molar-refractivity contribution in [1.29, 1.82) is 0 Å². The highest BCUT2D eigenvalue weighted by Gasteiger charge is 2.35. The summed E-state index contributed by atoms with van der Waals surface area (Å²) in [6, 6.07) is 16.3. The van der Waals surface area contributed by atoms with E-state index in [0.29, 0.717) is 0 Å². The quantitative estimate of drug-likeness (QED) is 0.915. The maximum Gasteiger partial charge on any atom is 0.303 e. The number of benzene rings is 1. The molecule has 0 spiro atoms. The number of rotatable bonds is 5. The van der Waals surface area contributed by atoms with Crippen LogP contribution in [0.1, 0.15) is 23.7 Å². The van der Waals surface area contributed by atoms with Crippen LogP contribution in [0.3, 0.4) is 0 Å². The van der Waals surface area contributed by atoms with Gasteiger partial charge in [-0.05, 0) is 23.6 Å². The Hall–Kier alpha value is -2.20. The molecule has 0 bridgehead atoms. The predicted octanol–water partition coefficient (Wildman–Crippen LogP) is 2.58. The van der Waals surface area contributed by atoms with Gasteiger partial charge in [-0.3, -0.25) is 14.7 Å². The number of aliphatic carboxylic acids is 1. The van der Waals surface area contributed by atoms with Crippen LogP contribution in [0.5, 0.6) is 0 Å². The zero-order chi connectivity index (χ0) is 14.7. The van der Waals surface area contributed by atoms with E-state index < -0.39 is 5.97 Å². The highest BCUT2D eigenvalue weighted by molar-refractivity contribution is 5.67. The average molecular weight is 282 g/mol. The van der Waals surface area contributed by atoms with Crippen molar-refractivity contribution in [3.63, 3.8) is 0 Å². The van der Waals surface area contributed by atoms with Gasteiger partial charge in [-0.15, -0.1) is 0 Å². The smallest absolute Gasteiger partial charge is 0.303 e. The molecule has 0 aliphatic carbocycles. The molecule has 1 unspecified atom stereocenters. The zero-order valence-corrected chi connectivity index (χ0v) is 11.7. The summed E-state index contributed by atoms with van der Waals surface area (Å²) in [6.07, 6.45) is 2.06. The Balaban J connectivity index is 1.80. The van der Waals surface area contributed by atoms with Crippen molar-refractivity contribution in [2.45, 2.75) is 12.5 Å². The van der Waals surface area contributed by atoms with E-state index in [4.69, 9.17) is 5.11 Å². The number of hydrogen-bond donors (Lipinski definition) is 1. The fourth-order valence-electron chi connectivity index (χ4n) is 2.94. The summed E-state index contributed by atoms with van der Waals surface area (Å²) in [5.74, 6) is -0.467. The number of hydrogen-bond acceptors (Lipinski definition) is 3. The molecule has 2 heterocycles. The first-order valence-corrected chi connectivity index (χ1v) is 7.16. The molecule has 108 valence electrons. The normalized spacial score (nSPS) is 17.1. The molecule has 1 saturated heterocycles. The van der Waals surface area contributed by atoms with Gasteiger partial charge < -0.3 is 5.11 Å². The molecule has 1 aromatic heterocycles. The van der Waals surface area contributed by atoms with Crippen LogP contribution in [-0.2, 0) is 4.79 Å². The molecule has 2 aromatic rings. The molecule has 0 radical (unpaired) electrons. The molecule has 1 N–H and O–H groups in total. The third-order valence-electron chi connectivity index (χ3n) is 3.90. The molecule has 1 aliphatic rings. The second kappa shape index (κ2) is 6.06. The van der Waals surface area contributed by atoms with E-state index in [1.807, 2.05) is 36.4 Å². The van der Waals surface area contributed by atoms with Crippen molar-refractivity contribution < 1.29 is 9.90 Å². The molecule has 4 nitrogen and oxygen atoms in total. The molecule has 21 heavy (non-hydrogen) atoms. The standard InChI is InChI=1S/C17H18N2O2/c20-16(21)10-13-11-19(12-13)17(14-6-2-1-3-7-14)15-8-4-5-9-18-15/h1-9,13,17H,10-12H2,(H,20,21). The largest absolute Gasteiger partial charge is 0.481 e. The number of carbonyl (C=O) groups is 1. The third-order valence-corrected chi connectivity index (χ3v) is 3.90. The Labute approximate surface area is 124 Å². The Kier molecular flexibility index (Phi) is 3.97.